The molecule has 18 heavy (non-hydrogen) atoms. The Balaban J connectivity index is 0.00000120. The van der Waals surface area contributed by atoms with Crippen molar-refractivity contribution in [1.82, 2.24) is 5.32 Å². The molecule has 2 aliphatic rings. The predicted octanol–water partition coefficient (Wildman–Crippen LogP) is 2.45. The van der Waals surface area contributed by atoms with Gasteiger partial charge >= 0.3 is 0 Å². The Morgan fingerprint density at radius 3 is 2.67 bits per heavy atom. The summed E-state index contributed by atoms with van der Waals surface area (Å²) in [5.41, 5.74) is 0.109. The lowest BCUT2D eigenvalue weighted by Crippen LogP contribution is -2.42. The second-order valence-electron chi connectivity index (χ2n) is 5.35. The van der Waals surface area contributed by atoms with Crippen molar-refractivity contribution >= 4 is 12.4 Å². The summed E-state index contributed by atoms with van der Waals surface area (Å²) in [5, 5.41) is 14.3. The lowest BCUT2D eigenvalue weighted by atomic mass is 9.67. The fraction of sp³-hybridized carbons (Fsp3) is 0.571. The lowest BCUT2D eigenvalue weighted by Gasteiger charge is -2.41. The number of aliphatic hydroxyl groups is 1. The van der Waals surface area contributed by atoms with Crippen molar-refractivity contribution in [3.05, 3.63) is 35.6 Å². The summed E-state index contributed by atoms with van der Waals surface area (Å²) in [6, 6.07) is 6.35. The quantitative estimate of drug-likeness (QED) is 0.822. The van der Waals surface area contributed by atoms with E-state index < -0.39 is 5.60 Å². The number of halogens is 2. The average molecular weight is 272 g/mol. The molecular formula is C14H19ClFNO. The third kappa shape index (κ3) is 2.15. The lowest BCUT2D eigenvalue weighted by molar-refractivity contribution is -0.0634. The van der Waals surface area contributed by atoms with Crippen molar-refractivity contribution < 1.29 is 9.50 Å². The molecule has 1 aliphatic carbocycles. The molecule has 4 heteroatoms. The molecule has 0 radical (unpaired) electrons. The highest BCUT2D eigenvalue weighted by atomic mass is 35.5. The summed E-state index contributed by atoms with van der Waals surface area (Å²) >= 11 is 0. The molecule has 3 rings (SSSR count). The maximum Gasteiger partial charge on any atom is 0.123 e. The fourth-order valence-corrected chi connectivity index (χ4v) is 3.51. The molecule has 0 amide bonds. The van der Waals surface area contributed by atoms with Crippen LogP contribution in [-0.2, 0) is 5.60 Å². The Bertz CT molecular complexity index is 411. The topological polar surface area (TPSA) is 32.3 Å². The van der Waals surface area contributed by atoms with Crippen LogP contribution in [0.3, 0.4) is 0 Å². The molecule has 1 saturated carbocycles. The highest BCUT2D eigenvalue weighted by Gasteiger charge is 2.47. The first-order chi connectivity index (χ1) is 8.20. The van der Waals surface area contributed by atoms with E-state index in [1.54, 1.807) is 12.1 Å². The maximum atomic E-state index is 13.0. The third-order valence-electron chi connectivity index (χ3n) is 4.43. The molecule has 2 nitrogen and oxygen atoms in total. The van der Waals surface area contributed by atoms with E-state index >= 15 is 0 Å². The molecule has 0 spiro atoms. The molecule has 2 N–H and O–H groups in total. The van der Waals surface area contributed by atoms with Crippen molar-refractivity contribution in [3.63, 3.8) is 0 Å². The van der Waals surface area contributed by atoms with Gasteiger partial charge in [-0.2, -0.15) is 0 Å². The van der Waals surface area contributed by atoms with Gasteiger partial charge in [0.05, 0.1) is 5.60 Å². The molecule has 0 aromatic heterocycles. The zero-order valence-electron chi connectivity index (χ0n) is 10.2. The summed E-state index contributed by atoms with van der Waals surface area (Å²) in [5.74, 6) is 0.606. The van der Waals surface area contributed by atoms with Gasteiger partial charge < -0.3 is 10.4 Å². The van der Waals surface area contributed by atoms with Gasteiger partial charge in [0.25, 0.3) is 0 Å². The minimum absolute atomic E-state index is 0. The summed E-state index contributed by atoms with van der Waals surface area (Å²) in [6.07, 6.45) is 3.04. The van der Waals surface area contributed by atoms with E-state index in [2.05, 4.69) is 5.32 Å². The van der Waals surface area contributed by atoms with Crippen LogP contribution in [0.1, 0.15) is 24.8 Å². The van der Waals surface area contributed by atoms with E-state index in [0.29, 0.717) is 5.92 Å². The average Bonchev–Trinajstić information content (AvgIpc) is 2.80. The molecule has 2 fully saturated rings. The van der Waals surface area contributed by atoms with Crippen LogP contribution in [0.4, 0.5) is 4.39 Å². The molecule has 1 aromatic rings. The Kier molecular flexibility index (Phi) is 3.95. The minimum atomic E-state index is -0.764. The predicted molar refractivity (Wildman–Crippen MR) is 71.2 cm³/mol. The van der Waals surface area contributed by atoms with Gasteiger partial charge in [-0.05, 0) is 49.4 Å². The molecule has 1 aliphatic heterocycles. The summed E-state index contributed by atoms with van der Waals surface area (Å²) in [7, 11) is 0. The van der Waals surface area contributed by atoms with Gasteiger partial charge in [0, 0.05) is 12.5 Å². The first-order valence-corrected chi connectivity index (χ1v) is 6.39. The maximum absolute atomic E-state index is 13.0. The van der Waals surface area contributed by atoms with Crippen molar-refractivity contribution in [2.24, 2.45) is 11.8 Å². The smallest absolute Gasteiger partial charge is 0.123 e. The van der Waals surface area contributed by atoms with Crippen molar-refractivity contribution in [2.45, 2.75) is 24.9 Å². The molecule has 1 saturated heterocycles. The monoisotopic (exact) mass is 271 g/mol. The molecule has 0 bridgehead atoms. The number of hydrogen-bond donors (Lipinski definition) is 2. The Morgan fingerprint density at radius 2 is 1.94 bits per heavy atom. The normalized spacial score (nSPS) is 34.8. The SMILES string of the molecule is Cl.OC1(c2ccc(F)cc2)CCCC2CNCC21. The van der Waals surface area contributed by atoms with E-state index in [1.165, 1.54) is 18.6 Å². The second kappa shape index (κ2) is 5.16. The summed E-state index contributed by atoms with van der Waals surface area (Å²) in [4.78, 5) is 0. The van der Waals surface area contributed by atoms with Gasteiger partial charge in [-0.1, -0.05) is 12.1 Å². The van der Waals surface area contributed by atoms with Crippen LogP contribution in [0, 0.1) is 17.7 Å². The van der Waals surface area contributed by atoms with E-state index in [4.69, 9.17) is 0 Å². The van der Waals surface area contributed by atoms with E-state index in [-0.39, 0.29) is 24.1 Å². The first kappa shape index (κ1) is 13.8. The molecule has 1 aromatic carbocycles. The third-order valence-corrected chi connectivity index (χ3v) is 4.43. The molecule has 100 valence electrons. The number of benzene rings is 1. The van der Waals surface area contributed by atoms with E-state index in [1.807, 2.05) is 0 Å². The fourth-order valence-electron chi connectivity index (χ4n) is 3.51. The zero-order chi connectivity index (χ0) is 11.9. The van der Waals surface area contributed by atoms with Gasteiger partial charge in [0.2, 0.25) is 0 Å². The summed E-state index contributed by atoms with van der Waals surface area (Å²) in [6.45, 7) is 1.88. The largest absolute Gasteiger partial charge is 0.385 e. The summed E-state index contributed by atoms with van der Waals surface area (Å²) < 4.78 is 13.0. The number of rotatable bonds is 1. The van der Waals surface area contributed by atoms with E-state index in [9.17, 15) is 9.50 Å². The molecule has 3 unspecified atom stereocenters. The van der Waals surface area contributed by atoms with Crippen LogP contribution in [0.5, 0.6) is 0 Å². The van der Waals surface area contributed by atoms with Crippen LogP contribution in [-0.4, -0.2) is 18.2 Å². The Labute approximate surface area is 113 Å². The Hall–Kier alpha value is -0.640. The van der Waals surface area contributed by atoms with Gasteiger partial charge in [0.15, 0.2) is 0 Å². The van der Waals surface area contributed by atoms with Crippen molar-refractivity contribution in [2.75, 3.05) is 13.1 Å². The van der Waals surface area contributed by atoms with Gasteiger partial charge in [-0.25, -0.2) is 4.39 Å². The number of nitrogens with one attached hydrogen (secondary N) is 1. The van der Waals surface area contributed by atoms with Gasteiger partial charge in [-0.15, -0.1) is 12.4 Å². The molecule has 3 atom stereocenters. The van der Waals surface area contributed by atoms with Crippen LogP contribution in [0.25, 0.3) is 0 Å². The van der Waals surface area contributed by atoms with Gasteiger partial charge in [-0.3, -0.25) is 0 Å². The Morgan fingerprint density at radius 1 is 1.22 bits per heavy atom. The van der Waals surface area contributed by atoms with Crippen molar-refractivity contribution in [3.8, 4) is 0 Å². The number of fused-ring (bicyclic) bond motifs is 1. The van der Waals surface area contributed by atoms with Gasteiger partial charge in [0.1, 0.15) is 5.82 Å². The molecule has 1 heterocycles. The highest BCUT2D eigenvalue weighted by Crippen LogP contribution is 2.46. The zero-order valence-corrected chi connectivity index (χ0v) is 11.0. The number of hydrogen-bond acceptors (Lipinski definition) is 2. The van der Waals surface area contributed by atoms with Crippen LogP contribution in [0.2, 0.25) is 0 Å². The van der Waals surface area contributed by atoms with Crippen molar-refractivity contribution in [1.29, 1.82) is 0 Å². The second-order valence-corrected chi connectivity index (χ2v) is 5.35. The van der Waals surface area contributed by atoms with Crippen LogP contribution < -0.4 is 5.32 Å². The van der Waals surface area contributed by atoms with Crippen LogP contribution in [0.15, 0.2) is 24.3 Å². The van der Waals surface area contributed by atoms with Crippen LogP contribution >= 0.6 is 12.4 Å². The molecular weight excluding hydrogens is 253 g/mol. The van der Waals surface area contributed by atoms with E-state index in [0.717, 1.165) is 31.5 Å². The first-order valence-electron chi connectivity index (χ1n) is 6.39. The highest BCUT2D eigenvalue weighted by molar-refractivity contribution is 5.85. The standard InChI is InChI=1S/C14H18FNO.ClH/c15-12-5-3-11(4-6-12)14(17)7-1-2-10-8-16-9-13(10)14;/h3-6,10,13,16-17H,1-2,7-9H2;1H. The minimum Gasteiger partial charge on any atom is -0.385 e.